The summed E-state index contributed by atoms with van der Waals surface area (Å²) < 4.78 is 11.4. The van der Waals surface area contributed by atoms with Crippen LogP contribution < -0.4 is 9.47 Å². The van der Waals surface area contributed by atoms with Crippen LogP contribution in [-0.2, 0) is 17.9 Å². The summed E-state index contributed by atoms with van der Waals surface area (Å²) in [7, 11) is 1.58. The minimum atomic E-state index is -0.288. The van der Waals surface area contributed by atoms with Gasteiger partial charge in [-0.05, 0) is 53.6 Å². The number of aryl methyl sites for hydroxylation is 1. The van der Waals surface area contributed by atoms with Crippen molar-refractivity contribution in [3.63, 3.8) is 0 Å². The van der Waals surface area contributed by atoms with Gasteiger partial charge in [-0.25, -0.2) is 0 Å². The Morgan fingerprint density at radius 1 is 0.906 bits per heavy atom. The smallest absolute Gasteiger partial charge is 0.293 e. The second-order valence-electron chi connectivity index (χ2n) is 7.44. The van der Waals surface area contributed by atoms with Gasteiger partial charge >= 0.3 is 0 Å². The number of methoxy groups -OCH3 is 1. The maximum atomic E-state index is 12.9. The Morgan fingerprint density at radius 2 is 1.69 bits per heavy atom. The third-order valence-electron chi connectivity index (χ3n) is 5.02. The van der Waals surface area contributed by atoms with Crippen molar-refractivity contribution in [2.75, 3.05) is 7.11 Å². The maximum Gasteiger partial charge on any atom is 0.293 e. The van der Waals surface area contributed by atoms with E-state index in [4.69, 9.17) is 9.47 Å². The molecule has 1 aliphatic heterocycles. The minimum absolute atomic E-state index is 0.262. The van der Waals surface area contributed by atoms with Gasteiger partial charge in [0.1, 0.15) is 6.61 Å². The number of hydrogen-bond acceptors (Lipinski definition) is 5. The van der Waals surface area contributed by atoms with Crippen molar-refractivity contribution >= 4 is 29.0 Å². The van der Waals surface area contributed by atoms with E-state index in [0.717, 1.165) is 34.0 Å². The fourth-order valence-corrected chi connectivity index (χ4v) is 4.25. The van der Waals surface area contributed by atoms with Gasteiger partial charge in [0.2, 0.25) is 0 Å². The van der Waals surface area contributed by atoms with E-state index in [2.05, 4.69) is 0 Å². The second kappa shape index (κ2) is 9.75. The van der Waals surface area contributed by atoms with Crippen LogP contribution in [-0.4, -0.2) is 23.2 Å². The van der Waals surface area contributed by atoms with Crippen LogP contribution in [0.5, 0.6) is 11.5 Å². The third-order valence-corrected chi connectivity index (χ3v) is 5.93. The van der Waals surface area contributed by atoms with E-state index in [9.17, 15) is 9.59 Å². The number of rotatable bonds is 7. The van der Waals surface area contributed by atoms with Crippen LogP contribution in [0.2, 0.25) is 0 Å². The van der Waals surface area contributed by atoms with Crippen molar-refractivity contribution in [3.05, 3.63) is 100.0 Å². The van der Waals surface area contributed by atoms with Gasteiger partial charge in [-0.3, -0.25) is 14.5 Å². The zero-order chi connectivity index (χ0) is 22.5. The standard InChI is InChI=1S/C26H23NO4S/c1-18-7-6-10-21(13-18)16-27-25(28)24(32-26(27)29)15-20-11-12-22(30-2)23(14-20)31-17-19-8-4-3-5-9-19/h3-15H,16-17H2,1-2H3/b24-15-. The molecule has 0 radical (unpaired) electrons. The summed E-state index contributed by atoms with van der Waals surface area (Å²) >= 11 is 0.953. The summed E-state index contributed by atoms with van der Waals surface area (Å²) in [6, 6.07) is 23.1. The molecule has 3 aromatic rings. The molecule has 2 amide bonds. The Bertz CT molecular complexity index is 1170. The summed E-state index contributed by atoms with van der Waals surface area (Å²) in [5.41, 5.74) is 3.81. The van der Waals surface area contributed by atoms with Crippen LogP contribution in [0.25, 0.3) is 6.08 Å². The van der Waals surface area contributed by atoms with E-state index in [1.165, 1.54) is 4.90 Å². The van der Waals surface area contributed by atoms with Crippen molar-refractivity contribution < 1.29 is 19.1 Å². The van der Waals surface area contributed by atoms with Crippen LogP contribution in [0.4, 0.5) is 4.79 Å². The molecule has 0 aliphatic carbocycles. The number of carbonyl (C=O) groups excluding carboxylic acids is 2. The highest BCUT2D eigenvalue weighted by atomic mass is 32.2. The molecule has 0 bridgehead atoms. The molecule has 0 saturated carbocycles. The first-order chi connectivity index (χ1) is 15.5. The quantitative estimate of drug-likeness (QED) is 0.429. The second-order valence-corrected chi connectivity index (χ2v) is 8.43. The highest BCUT2D eigenvalue weighted by Crippen LogP contribution is 2.35. The van der Waals surface area contributed by atoms with Gasteiger partial charge in [0.25, 0.3) is 11.1 Å². The molecule has 0 atom stereocenters. The van der Waals surface area contributed by atoms with E-state index >= 15 is 0 Å². The molecule has 3 aromatic carbocycles. The molecule has 0 spiro atoms. The zero-order valence-corrected chi connectivity index (χ0v) is 18.7. The average Bonchev–Trinajstić information content (AvgIpc) is 3.06. The average molecular weight is 446 g/mol. The van der Waals surface area contributed by atoms with Gasteiger partial charge in [0, 0.05) is 0 Å². The normalized spacial score (nSPS) is 14.8. The van der Waals surface area contributed by atoms with Crippen molar-refractivity contribution in [1.29, 1.82) is 0 Å². The monoisotopic (exact) mass is 445 g/mol. The number of benzene rings is 3. The summed E-state index contributed by atoms with van der Waals surface area (Å²) in [4.78, 5) is 27.0. The number of amides is 2. The van der Waals surface area contributed by atoms with Crippen LogP contribution >= 0.6 is 11.8 Å². The van der Waals surface area contributed by atoms with Gasteiger partial charge < -0.3 is 9.47 Å². The Kier molecular flexibility index (Phi) is 6.61. The highest BCUT2D eigenvalue weighted by molar-refractivity contribution is 8.18. The van der Waals surface area contributed by atoms with E-state index in [1.807, 2.05) is 73.7 Å². The highest BCUT2D eigenvalue weighted by Gasteiger charge is 2.35. The first-order valence-electron chi connectivity index (χ1n) is 10.2. The molecule has 5 nitrogen and oxygen atoms in total. The van der Waals surface area contributed by atoms with Gasteiger partial charge in [0.05, 0.1) is 18.6 Å². The summed E-state index contributed by atoms with van der Waals surface area (Å²) in [6.45, 7) is 2.64. The van der Waals surface area contributed by atoms with Crippen LogP contribution in [0, 0.1) is 6.92 Å². The number of hydrogen-bond donors (Lipinski definition) is 0. The Balaban J connectivity index is 1.52. The molecular formula is C26H23NO4S. The van der Waals surface area contributed by atoms with Crippen LogP contribution in [0.3, 0.4) is 0 Å². The molecule has 6 heteroatoms. The molecule has 4 rings (SSSR count). The van der Waals surface area contributed by atoms with E-state index in [1.54, 1.807) is 19.3 Å². The van der Waals surface area contributed by atoms with Crippen molar-refractivity contribution in [2.45, 2.75) is 20.1 Å². The van der Waals surface area contributed by atoms with Crippen LogP contribution in [0.1, 0.15) is 22.3 Å². The molecule has 162 valence electrons. The molecule has 1 aliphatic rings. The Hall–Kier alpha value is -3.51. The van der Waals surface area contributed by atoms with Gasteiger partial charge in [-0.1, -0.05) is 66.2 Å². The molecular weight excluding hydrogens is 422 g/mol. The number of thioether (sulfide) groups is 1. The number of imide groups is 1. The SMILES string of the molecule is COc1ccc(/C=C2\SC(=O)N(Cc3cccc(C)c3)C2=O)cc1OCc1ccccc1. The number of carbonyl (C=O) groups is 2. The predicted octanol–water partition coefficient (Wildman–Crippen LogP) is 5.82. The lowest BCUT2D eigenvalue weighted by atomic mass is 10.1. The molecule has 1 fully saturated rings. The van der Waals surface area contributed by atoms with Gasteiger partial charge in [-0.2, -0.15) is 0 Å². The molecule has 1 heterocycles. The largest absolute Gasteiger partial charge is 0.493 e. The van der Waals surface area contributed by atoms with Crippen molar-refractivity contribution in [2.24, 2.45) is 0 Å². The van der Waals surface area contributed by atoms with Crippen molar-refractivity contribution in [1.82, 2.24) is 4.90 Å². The fourth-order valence-electron chi connectivity index (χ4n) is 3.41. The Morgan fingerprint density at radius 3 is 2.44 bits per heavy atom. The van der Waals surface area contributed by atoms with Gasteiger partial charge in [0.15, 0.2) is 11.5 Å². The lowest BCUT2D eigenvalue weighted by Crippen LogP contribution is -2.27. The summed E-state index contributed by atoms with van der Waals surface area (Å²) in [5.74, 6) is 0.888. The first kappa shape index (κ1) is 21.7. The lowest BCUT2D eigenvalue weighted by molar-refractivity contribution is -0.123. The summed E-state index contributed by atoms with van der Waals surface area (Å²) in [6.07, 6.45) is 1.72. The zero-order valence-electron chi connectivity index (χ0n) is 17.9. The van der Waals surface area contributed by atoms with E-state index in [0.29, 0.717) is 23.0 Å². The molecule has 32 heavy (non-hydrogen) atoms. The predicted molar refractivity (Wildman–Crippen MR) is 126 cm³/mol. The molecule has 1 saturated heterocycles. The number of nitrogens with zero attached hydrogens (tertiary/aromatic N) is 1. The van der Waals surface area contributed by atoms with Gasteiger partial charge in [-0.15, -0.1) is 0 Å². The maximum absolute atomic E-state index is 12.9. The molecule has 0 unspecified atom stereocenters. The topological polar surface area (TPSA) is 55.8 Å². The molecule has 0 aromatic heterocycles. The molecule has 0 N–H and O–H groups in total. The van der Waals surface area contributed by atoms with E-state index in [-0.39, 0.29) is 17.7 Å². The Labute approximate surface area is 191 Å². The fraction of sp³-hybridized carbons (Fsp3) is 0.154. The lowest BCUT2D eigenvalue weighted by Gasteiger charge is -2.13. The van der Waals surface area contributed by atoms with Crippen LogP contribution in [0.15, 0.2) is 77.7 Å². The van der Waals surface area contributed by atoms with Crippen molar-refractivity contribution in [3.8, 4) is 11.5 Å². The first-order valence-corrected chi connectivity index (χ1v) is 11.0. The summed E-state index contributed by atoms with van der Waals surface area (Å²) in [5, 5.41) is -0.267. The van der Waals surface area contributed by atoms with E-state index < -0.39 is 0 Å². The third kappa shape index (κ3) is 5.03. The number of ether oxygens (including phenoxy) is 2. The minimum Gasteiger partial charge on any atom is -0.493 e.